The van der Waals surface area contributed by atoms with E-state index in [0.717, 1.165) is 45.5 Å². The molecular formula is C129H92N4. The maximum Gasteiger partial charge on any atom is 0.0541 e. The molecule has 0 spiro atoms. The second-order valence-corrected chi connectivity index (χ2v) is 37.0. The number of aromatic nitrogens is 2. The molecular weight excluding hydrogens is 1610 g/mol. The molecule has 0 amide bonds. The van der Waals surface area contributed by atoms with Gasteiger partial charge in [-0.25, -0.2) is 0 Å². The molecule has 24 aromatic rings. The Hall–Kier alpha value is -16.7. The van der Waals surface area contributed by atoms with Crippen LogP contribution in [0.1, 0.15) is 55.5 Å². The summed E-state index contributed by atoms with van der Waals surface area (Å²) in [7, 11) is 0. The molecule has 0 saturated heterocycles. The van der Waals surface area contributed by atoms with Crippen LogP contribution < -0.4 is 9.80 Å². The van der Waals surface area contributed by atoms with Crippen molar-refractivity contribution < 1.29 is 0 Å². The number of aryl methyl sites for hydroxylation is 1. The lowest BCUT2D eigenvalue weighted by atomic mass is 9.80. The van der Waals surface area contributed by atoms with Crippen LogP contribution in [0.4, 0.5) is 34.1 Å². The van der Waals surface area contributed by atoms with Gasteiger partial charge >= 0.3 is 0 Å². The van der Waals surface area contributed by atoms with Crippen LogP contribution in [0.2, 0.25) is 0 Å². The van der Waals surface area contributed by atoms with Gasteiger partial charge in [0.05, 0.1) is 27.8 Å². The quantitative estimate of drug-likeness (QED) is 0.107. The minimum Gasteiger partial charge on any atom is -0.311 e. The second kappa shape index (κ2) is 31.3. The average Bonchev–Trinajstić information content (AvgIpc) is 1.71. The number of hydrogen-bond acceptors (Lipinski definition) is 2. The fourth-order valence-electron chi connectivity index (χ4n) is 22.6. The number of nitrogens with zero attached hydrogens (tertiary/aromatic N) is 4. The van der Waals surface area contributed by atoms with Crippen molar-refractivity contribution in [2.75, 3.05) is 9.80 Å². The van der Waals surface area contributed by atoms with Crippen molar-refractivity contribution in [3.63, 3.8) is 0 Å². The number of benzene rings is 22. The third kappa shape index (κ3) is 12.7. The van der Waals surface area contributed by atoms with Crippen LogP contribution in [-0.4, -0.2) is 9.13 Å². The van der Waals surface area contributed by atoms with E-state index in [-0.39, 0.29) is 10.8 Å². The van der Waals surface area contributed by atoms with E-state index in [9.17, 15) is 0 Å². The number of hydrogen-bond donors (Lipinski definition) is 0. The molecule has 133 heavy (non-hydrogen) atoms. The van der Waals surface area contributed by atoms with Crippen LogP contribution in [0.25, 0.3) is 187 Å². The number of fused-ring (bicyclic) bond motifs is 17. The molecule has 0 N–H and O–H groups in total. The number of rotatable bonds is 13. The lowest BCUT2D eigenvalue weighted by molar-refractivity contribution is 0.660. The molecule has 22 aromatic carbocycles. The Bertz CT molecular complexity index is 8630. The van der Waals surface area contributed by atoms with E-state index >= 15 is 0 Å². The Kier molecular flexibility index (Phi) is 18.5. The maximum absolute atomic E-state index is 2.48. The standard InChI is InChI=1S/C65H46N2.C64H46N2/c1-65(2)59-25-13-10-18-51(59)52-41-34-46(42-60(52)65)64-57-23-8-6-21-55(57)63(56-22-7-9-24-58(56)64)45-30-28-43(29-31-45)44-32-35-48(36-33-44)66(47-16-4-3-5-17-47)49-37-39-50(40-38-49)67-61-26-14-11-19-53(61)54-20-12-15-27-62(54)67;1-41-29-35-55-56(39-41)63(53-25-10-9-24-52(53)62(55)42-30-36-48-47-20-11-14-26-57(47)64(2,3)58(48)40-42)54-37-38-61(49-21-8-7-19-46(49)54)65(43-17-5-4-6-18-43)44-31-33-45(34-32-44)66-59-27-15-12-22-50(59)51-23-13-16-28-60(51)66/h3-42H,1-2H3;4-40H,1-3H3. The fraction of sp³-hybridized carbons (Fsp3) is 0.0543. The first kappa shape index (κ1) is 78.6. The average molecular weight is 1700 g/mol. The highest BCUT2D eigenvalue weighted by Gasteiger charge is 2.38. The Morgan fingerprint density at radius 1 is 0.180 bits per heavy atom. The summed E-state index contributed by atoms with van der Waals surface area (Å²) in [4.78, 5) is 4.75. The van der Waals surface area contributed by atoms with E-state index in [0.29, 0.717) is 0 Å². The minimum atomic E-state index is -0.0905. The van der Waals surface area contributed by atoms with Gasteiger partial charge in [0, 0.05) is 77.6 Å². The van der Waals surface area contributed by atoms with Crippen molar-refractivity contribution in [2.45, 2.75) is 45.4 Å². The monoisotopic (exact) mass is 1700 g/mol. The van der Waals surface area contributed by atoms with E-state index in [1.165, 1.54) is 203 Å². The predicted octanol–water partition coefficient (Wildman–Crippen LogP) is 35.5. The predicted molar refractivity (Wildman–Crippen MR) is 566 cm³/mol. The zero-order chi connectivity index (χ0) is 88.7. The Balaban J connectivity index is 0.000000143. The largest absolute Gasteiger partial charge is 0.311 e. The molecule has 0 fully saturated rings. The topological polar surface area (TPSA) is 16.3 Å². The summed E-state index contributed by atoms with van der Waals surface area (Å²) >= 11 is 0. The minimum absolute atomic E-state index is 0.0703. The first-order chi connectivity index (χ1) is 65.4. The molecule has 0 radical (unpaired) electrons. The fourth-order valence-corrected chi connectivity index (χ4v) is 22.6. The van der Waals surface area contributed by atoms with Crippen LogP contribution in [0, 0.1) is 6.92 Å². The van der Waals surface area contributed by atoms with Crippen LogP contribution >= 0.6 is 0 Å². The summed E-state index contributed by atoms with van der Waals surface area (Å²) in [5.74, 6) is 0. The molecule has 0 saturated carbocycles. The van der Waals surface area contributed by atoms with Crippen LogP contribution in [0.3, 0.4) is 0 Å². The lowest BCUT2D eigenvalue weighted by Crippen LogP contribution is -2.14. The van der Waals surface area contributed by atoms with Crippen molar-refractivity contribution in [2.24, 2.45) is 0 Å². The third-order valence-electron chi connectivity index (χ3n) is 28.8. The summed E-state index contributed by atoms with van der Waals surface area (Å²) in [5.41, 5.74) is 38.3. The molecule has 0 unspecified atom stereocenters. The van der Waals surface area contributed by atoms with Crippen LogP contribution in [0.5, 0.6) is 0 Å². The maximum atomic E-state index is 2.48. The van der Waals surface area contributed by atoms with Crippen molar-refractivity contribution in [1.29, 1.82) is 0 Å². The molecule has 0 bridgehead atoms. The van der Waals surface area contributed by atoms with Gasteiger partial charge in [-0.05, 0) is 283 Å². The zero-order valence-electron chi connectivity index (χ0n) is 74.7. The highest BCUT2D eigenvalue weighted by molar-refractivity contribution is 6.26. The van der Waals surface area contributed by atoms with Gasteiger partial charge in [0.1, 0.15) is 0 Å². The lowest BCUT2D eigenvalue weighted by Gasteiger charge is -2.28. The molecule has 4 nitrogen and oxygen atoms in total. The molecule has 2 heterocycles. The molecule has 2 aliphatic rings. The zero-order valence-corrected chi connectivity index (χ0v) is 74.7. The van der Waals surface area contributed by atoms with Gasteiger partial charge in [0.25, 0.3) is 0 Å². The summed E-state index contributed by atoms with van der Waals surface area (Å²) in [6, 6.07) is 172. The van der Waals surface area contributed by atoms with Crippen LogP contribution in [-0.2, 0) is 10.8 Å². The van der Waals surface area contributed by atoms with Gasteiger partial charge in [-0.15, -0.1) is 0 Å². The Morgan fingerprint density at radius 3 is 0.910 bits per heavy atom. The van der Waals surface area contributed by atoms with Crippen molar-refractivity contribution in [3.8, 4) is 89.3 Å². The third-order valence-corrected chi connectivity index (χ3v) is 28.8. The van der Waals surface area contributed by atoms with E-state index in [1.54, 1.807) is 0 Å². The van der Waals surface area contributed by atoms with Gasteiger partial charge < -0.3 is 18.9 Å². The molecule has 2 aromatic heterocycles. The molecule has 4 heteroatoms. The van der Waals surface area contributed by atoms with Gasteiger partial charge in [-0.2, -0.15) is 0 Å². The molecule has 0 atom stereocenters. The van der Waals surface area contributed by atoms with E-state index < -0.39 is 0 Å². The van der Waals surface area contributed by atoms with E-state index in [2.05, 4.69) is 521 Å². The first-order valence-electron chi connectivity index (χ1n) is 46.4. The molecule has 628 valence electrons. The van der Waals surface area contributed by atoms with Gasteiger partial charge in [0.2, 0.25) is 0 Å². The van der Waals surface area contributed by atoms with E-state index in [1.807, 2.05) is 0 Å². The normalized spacial score (nSPS) is 12.8. The van der Waals surface area contributed by atoms with E-state index in [4.69, 9.17) is 0 Å². The highest BCUT2D eigenvalue weighted by atomic mass is 15.2. The van der Waals surface area contributed by atoms with Crippen molar-refractivity contribution >= 4 is 132 Å². The smallest absolute Gasteiger partial charge is 0.0541 e. The van der Waals surface area contributed by atoms with Gasteiger partial charge in [0.15, 0.2) is 0 Å². The molecule has 26 rings (SSSR count). The highest BCUT2D eigenvalue weighted by Crippen LogP contribution is 2.56. The van der Waals surface area contributed by atoms with Crippen molar-refractivity contribution in [1.82, 2.24) is 9.13 Å². The SMILES string of the molecule is CC1(C)c2ccccc2-c2ccc(-c3c4ccccc4c(-c4ccc(-c5ccc(N(c6ccccc6)c6ccc(-n7c8ccccc8c8ccccc87)cc6)cc5)cc4)c4ccccc34)cc21.Cc1ccc2c(-c3ccc4c(c3)C(C)(C)c3ccccc3-4)c3ccccc3c(-c3ccc(N(c4ccccc4)c4ccc(-n5c6ccccc6c6ccccc65)cc4)c4ccccc34)c2c1. The molecule has 0 aliphatic heterocycles. The summed E-state index contributed by atoms with van der Waals surface area (Å²) in [6.45, 7) is 11.7. The summed E-state index contributed by atoms with van der Waals surface area (Å²) in [5, 5.41) is 17.6. The van der Waals surface area contributed by atoms with Crippen LogP contribution in [0.15, 0.2) is 467 Å². The number of anilines is 6. The number of para-hydroxylation sites is 6. The van der Waals surface area contributed by atoms with Gasteiger partial charge in [-0.3, -0.25) is 0 Å². The summed E-state index contributed by atoms with van der Waals surface area (Å²) in [6.07, 6.45) is 0. The Labute approximate surface area is 774 Å². The molecule has 2 aliphatic carbocycles. The Morgan fingerprint density at radius 2 is 0.474 bits per heavy atom. The summed E-state index contributed by atoms with van der Waals surface area (Å²) < 4.78 is 4.76. The second-order valence-electron chi connectivity index (χ2n) is 37.0. The first-order valence-corrected chi connectivity index (χ1v) is 46.4. The van der Waals surface area contributed by atoms with Gasteiger partial charge in [-0.1, -0.05) is 373 Å². The van der Waals surface area contributed by atoms with Crippen molar-refractivity contribution in [3.05, 3.63) is 495 Å².